The lowest BCUT2D eigenvalue weighted by molar-refractivity contribution is -0.121. The van der Waals surface area contributed by atoms with Gasteiger partial charge in [0.1, 0.15) is 6.54 Å². The second-order valence-corrected chi connectivity index (χ2v) is 8.76. The Balaban J connectivity index is 1.42. The van der Waals surface area contributed by atoms with Gasteiger partial charge in [-0.3, -0.25) is 14.5 Å². The van der Waals surface area contributed by atoms with Crippen molar-refractivity contribution < 1.29 is 9.53 Å². The van der Waals surface area contributed by atoms with E-state index in [1.807, 2.05) is 4.57 Å². The molecule has 1 aliphatic carbocycles. The predicted octanol–water partition coefficient (Wildman–Crippen LogP) is 3.42. The molecule has 2 heterocycles. The minimum Gasteiger partial charge on any atom is -0.491 e. The molecule has 0 radical (unpaired) electrons. The monoisotopic (exact) mass is 435 g/mol. The smallest absolute Gasteiger partial charge is 0.239 e. The Bertz CT molecular complexity index is 1040. The van der Waals surface area contributed by atoms with Crippen molar-refractivity contribution in [2.45, 2.75) is 58.2 Å². The van der Waals surface area contributed by atoms with Crippen LogP contribution in [0.1, 0.15) is 48.9 Å². The maximum absolute atomic E-state index is 12.7. The number of allylic oxidation sites excluding steroid dienone is 1. The summed E-state index contributed by atoms with van der Waals surface area (Å²) in [5, 5.41) is 3.04. The number of nitrogens with zero attached hydrogens (tertiary/aromatic N) is 2. The number of methoxy groups -OCH3 is 1. The van der Waals surface area contributed by atoms with Crippen molar-refractivity contribution in [3.05, 3.63) is 75.2 Å². The number of hydrogen-bond acceptors (Lipinski definition) is 4. The van der Waals surface area contributed by atoms with Crippen LogP contribution >= 0.6 is 0 Å². The fraction of sp³-hybridized carbons (Fsp3) is 0.462. The van der Waals surface area contributed by atoms with Crippen LogP contribution < -0.4 is 15.5 Å². The van der Waals surface area contributed by atoms with Crippen molar-refractivity contribution in [1.29, 1.82) is 0 Å². The Labute approximate surface area is 189 Å². The second kappa shape index (κ2) is 10.6. The summed E-state index contributed by atoms with van der Waals surface area (Å²) in [4.78, 5) is 27.4. The molecule has 6 heteroatoms. The first-order valence-electron chi connectivity index (χ1n) is 11.6. The number of nitrogens with one attached hydrogen (secondary N) is 1. The maximum Gasteiger partial charge on any atom is 0.239 e. The molecule has 0 fully saturated rings. The highest BCUT2D eigenvalue weighted by Gasteiger charge is 2.18. The van der Waals surface area contributed by atoms with Crippen molar-refractivity contribution in [2.75, 3.05) is 20.2 Å². The van der Waals surface area contributed by atoms with E-state index in [9.17, 15) is 9.59 Å². The Morgan fingerprint density at radius 1 is 1.16 bits per heavy atom. The zero-order valence-corrected chi connectivity index (χ0v) is 18.9. The van der Waals surface area contributed by atoms with E-state index < -0.39 is 0 Å². The van der Waals surface area contributed by atoms with E-state index in [1.165, 1.54) is 36.7 Å². The van der Waals surface area contributed by atoms with E-state index in [-0.39, 0.29) is 23.6 Å². The lowest BCUT2D eigenvalue weighted by Gasteiger charge is -2.29. The van der Waals surface area contributed by atoms with Crippen LogP contribution in [0.3, 0.4) is 0 Å². The lowest BCUT2D eigenvalue weighted by atomic mass is 9.97. The third-order valence-electron chi connectivity index (χ3n) is 6.47. The van der Waals surface area contributed by atoms with E-state index in [0.29, 0.717) is 13.1 Å². The largest absolute Gasteiger partial charge is 0.491 e. The van der Waals surface area contributed by atoms with Crippen LogP contribution in [0.2, 0.25) is 0 Å². The van der Waals surface area contributed by atoms with Gasteiger partial charge in [-0.05, 0) is 49.7 Å². The number of amides is 1. The van der Waals surface area contributed by atoms with Crippen molar-refractivity contribution in [2.24, 2.45) is 0 Å². The van der Waals surface area contributed by atoms with Gasteiger partial charge in [-0.2, -0.15) is 0 Å². The molecule has 0 saturated heterocycles. The molecule has 1 amide bonds. The second-order valence-electron chi connectivity index (χ2n) is 8.76. The first-order chi connectivity index (χ1) is 15.6. The number of rotatable bonds is 8. The summed E-state index contributed by atoms with van der Waals surface area (Å²) in [5.41, 5.74) is 4.85. The van der Waals surface area contributed by atoms with E-state index >= 15 is 0 Å². The third kappa shape index (κ3) is 5.68. The van der Waals surface area contributed by atoms with Crippen LogP contribution in [0.15, 0.2) is 53.0 Å². The first kappa shape index (κ1) is 22.3. The van der Waals surface area contributed by atoms with E-state index in [0.717, 1.165) is 44.5 Å². The van der Waals surface area contributed by atoms with Gasteiger partial charge in [-0.25, -0.2) is 0 Å². The van der Waals surface area contributed by atoms with Crippen LogP contribution in [-0.4, -0.2) is 35.6 Å². The molecule has 0 atom stereocenters. The van der Waals surface area contributed by atoms with Gasteiger partial charge < -0.3 is 14.6 Å². The number of ether oxygens (including phenoxy) is 1. The third-order valence-corrected chi connectivity index (χ3v) is 6.47. The number of hydrogen-bond donors (Lipinski definition) is 1. The molecule has 1 aliphatic heterocycles. The molecule has 32 heavy (non-hydrogen) atoms. The molecule has 170 valence electrons. The summed E-state index contributed by atoms with van der Waals surface area (Å²) in [6, 6.07) is 10.1. The Morgan fingerprint density at radius 2 is 2.00 bits per heavy atom. The van der Waals surface area contributed by atoms with Crippen molar-refractivity contribution in [1.82, 2.24) is 14.8 Å². The maximum atomic E-state index is 12.7. The highest BCUT2D eigenvalue weighted by atomic mass is 16.5. The Morgan fingerprint density at radius 3 is 2.78 bits per heavy atom. The fourth-order valence-corrected chi connectivity index (χ4v) is 4.65. The van der Waals surface area contributed by atoms with Gasteiger partial charge in [-0.1, -0.05) is 35.9 Å². The molecule has 2 aliphatic rings. The van der Waals surface area contributed by atoms with Crippen LogP contribution in [0.25, 0.3) is 0 Å². The number of carbonyl (C=O) groups is 1. The van der Waals surface area contributed by atoms with Crippen LogP contribution in [0, 0.1) is 0 Å². The zero-order chi connectivity index (χ0) is 22.3. The van der Waals surface area contributed by atoms with Crippen LogP contribution in [0.4, 0.5) is 0 Å². The Kier molecular flexibility index (Phi) is 7.43. The molecule has 0 unspecified atom stereocenters. The summed E-state index contributed by atoms with van der Waals surface area (Å²) >= 11 is 0. The first-order valence-corrected chi connectivity index (χ1v) is 11.6. The number of pyridine rings is 1. The molecule has 0 saturated carbocycles. The Hall–Kier alpha value is -2.86. The molecule has 1 aromatic heterocycles. The van der Waals surface area contributed by atoms with Gasteiger partial charge in [0.25, 0.3) is 0 Å². The molecule has 0 bridgehead atoms. The summed E-state index contributed by atoms with van der Waals surface area (Å²) < 4.78 is 7.09. The SMILES string of the molecule is COc1cn(CC(=O)NCCC2=CCCCC2)c(CN2CCc3ccccc3C2)cc1=O. The summed E-state index contributed by atoms with van der Waals surface area (Å²) in [6.07, 6.45) is 10.7. The van der Waals surface area contributed by atoms with Crippen LogP contribution in [-0.2, 0) is 30.8 Å². The molecule has 4 rings (SSSR count). The number of carbonyl (C=O) groups excluding carboxylic acids is 1. The van der Waals surface area contributed by atoms with Crippen LogP contribution in [0.5, 0.6) is 5.75 Å². The minimum absolute atomic E-state index is 0.0441. The summed E-state index contributed by atoms with van der Waals surface area (Å²) in [6.45, 7) is 3.22. The highest BCUT2D eigenvalue weighted by molar-refractivity contribution is 5.75. The van der Waals surface area contributed by atoms with E-state index in [2.05, 4.69) is 40.6 Å². The molecule has 1 N–H and O–H groups in total. The standard InChI is InChI=1S/C26H33N3O3/c1-32-25-18-29(19-26(31)27-13-11-20-7-3-2-4-8-20)23(15-24(25)30)17-28-14-12-21-9-5-6-10-22(21)16-28/h5-7,9-10,15,18H,2-4,8,11-14,16-17,19H2,1H3,(H,27,31). The van der Waals surface area contributed by atoms with Gasteiger partial charge in [0, 0.05) is 37.9 Å². The molecular weight excluding hydrogens is 402 g/mol. The quantitative estimate of drug-likeness (QED) is 0.646. The van der Waals surface area contributed by atoms with Gasteiger partial charge in [-0.15, -0.1) is 0 Å². The predicted molar refractivity (Wildman–Crippen MR) is 126 cm³/mol. The number of aromatic nitrogens is 1. The fourth-order valence-electron chi connectivity index (χ4n) is 4.65. The lowest BCUT2D eigenvalue weighted by Crippen LogP contribution is -2.34. The van der Waals surface area contributed by atoms with Gasteiger partial charge >= 0.3 is 0 Å². The molecule has 2 aromatic rings. The summed E-state index contributed by atoms with van der Waals surface area (Å²) in [7, 11) is 1.49. The average Bonchev–Trinajstić information content (AvgIpc) is 2.81. The zero-order valence-electron chi connectivity index (χ0n) is 18.9. The molecule has 0 spiro atoms. The van der Waals surface area contributed by atoms with E-state index in [1.54, 1.807) is 12.3 Å². The van der Waals surface area contributed by atoms with Gasteiger partial charge in [0.15, 0.2) is 5.75 Å². The van der Waals surface area contributed by atoms with Crippen molar-refractivity contribution in [3.63, 3.8) is 0 Å². The van der Waals surface area contributed by atoms with Crippen molar-refractivity contribution >= 4 is 5.91 Å². The normalized spacial score (nSPS) is 16.2. The number of benzene rings is 1. The van der Waals surface area contributed by atoms with Gasteiger partial charge in [0.2, 0.25) is 11.3 Å². The minimum atomic E-state index is -0.152. The average molecular weight is 436 g/mol. The topological polar surface area (TPSA) is 63.6 Å². The van der Waals surface area contributed by atoms with Gasteiger partial charge in [0.05, 0.1) is 13.3 Å². The highest BCUT2D eigenvalue weighted by Crippen LogP contribution is 2.21. The molecule has 6 nitrogen and oxygen atoms in total. The summed E-state index contributed by atoms with van der Waals surface area (Å²) in [5.74, 6) is 0.218. The number of fused-ring (bicyclic) bond motifs is 1. The van der Waals surface area contributed by atoms with Crippen molar-refractivity contribution in [3.8, 4) is 5.75 Å². The molecular formula is C26H33N3O3. The molecule has 1 aromatic carbocycles. The van der Waals surface area contributed by atoms with E-state index in [4.69, 9.17) is 4.74 Å².